The molecule has 0 heterocycles. The fraction of sp³-hybridized carbons (Fsp3) is 0.294. The summed E-state index contributed by atoms with van der Waals surface area (Å²) in [6, 6.07) is 10.1. The van der Waals surface area contributed by atoms with Crippen LogP contribution in [-0.2, 0) is 9.84 Å². The Hall–Kier alpha value is -1.81. The van der Waals surface area contributed by atoms with Crippen molar-refractivity contribution in [3.63, 3.8) is 0 Å². The fourth-order valence-corrected chi connectivity index (χ4v) is 4.17. The van der Waals surface area contributed by atoms with Crippen molar-refractivity contribution < 1.29 is 13.5 Å². The topological polar surface area (TPSA) is 54.4 Å². The first-order valence-corrected chi connectivity index (χ1v) is 8.37. The van der Waals surface area contributed by atoms with Gasteiger partial charge in [0.25, 0.3) is 0 Å². The van der Waals surface area contributed by atoms with Gasteiger partial charge in [-0.15, -0.1) is 0 Å². The molecule has 0 amide bonds. The fourth-order valence-electron chi connectivity index (χ4n) is 2.42. The Kier molecular flexibility index (Phi) is 4.10. The van der Waals surface area contributed by atoms with E-state index >= 15 is 0 Å². The maximum Gasteiger partial charge on any atom is 0.207 e. The number of hydrogen-bond donors (Lipinski definition) is 1. The van der Waals surface area contributed by atoms with Gasteiger partial charge in [0.2, 0.25) is 9.84 Å². The van der Waals surface area contributed by atoms with Gasteiger partial charge in [-0.2, -0.15) is 0 Å². The second-order valence-corrected chi connectivity index (χ2v) is 7.49. The Morgan fingerprint density at radius 3 is 2.14 bits per heavy atom. The van der Waals surface area contributed by atoms with Gasteiger partial charge in [0.05, 0.1) is 9.79 Å². The predicted molar refractivity (Wildman–Crippen MR) is 83.6 cm³/mol. The van der Waals surface area contributed by atoms with E-state index in [-0.39, 0.29) is 16.6 Å². The van der Waals surface area contributed by atoms with Gasteiger partial charge in [-0.1, -0.05) is 32.0 Å². The minimum Gasteiger partial charge on any atom is -0.508 e. The van der Waals surface area contributed by atoms with Gasteiger partial charge in [0.15, 0.2) is 0 Å². The van der Waals surface area contributed by atoms with E-state index in [4.69, 9.17) is 0 Å². The van der Waals surface area contributed by atoms with Gasteiger partial charge in [0.1, 0.15) is 5.75 Å². The summed E-state index contributed by atoms with van der Waals surface area (Å²) in [6.45, 7) is 7.34. The number of phenols is 1. The lowest BCUT2D eigenvalue weighted by Gasteiger charge is -2.15. The number of hydrogen-bond acceptors (Lipinski definition) is 3. The van der Waals surface area contributed by atoms with Gasteiger partial charge < -0.3 is 5.11 Å². The molecule has 0 saturated heterocycles. The lowest BCUT2D eigenvalue weighted by atomic mass is 10.0. The number of phenolic OH excluding ortho intramolecular Hbond substituents is 1. The Morgan fingerprint density at radius 1 is 0.952 bits per heavy atom. The summed E-state index contributed by atoms with van der Waals surface area (Å²) in [5.41, 5.74) is 1.92. The number of sulfone groups is 1. The summed E-state index contributed by atoms with van der Waals surface area (Å²) in [6.07, 6.45) is 0. The maximum absolute atomic E-state index is 12.9. The first-order valence-electron chi connectivity index (χ1n) is 6.89. The van der Waals surface area contributed by atoms with Gasteiger partial charge >= 0.3 is 0 Å². The van der Waals surface area contributed by atoms with E-state index in [1.165, 1.54) is 6.07 Å². The summed E-state index contributed by atoms with van der Waals surface area (Å²) in [7, 11) is -3.58. The van der Waals surface area contributed by atoms with Crippen molar-refractivity contribution in [2.24, 2.45) is 0 Å². The van der Waals surface area contributed by atoms with Crippen LogP contribution in [0.5, 0.6) is 5.75 Å². The SMILES string of the molecule is Cc1ccccc1S(=O)(=O)c1cc(C(C)C)c(O)cc1C. The number of benzene rings is 2. The van der Waals surface area contributed by atoms with Crippen molar-refractivity contribution in [3.8, 4) is 5.75 Å². The molecule has 0 spiro atoms. The first-order chi connectivity index (χ1) is 9.75. The molecule has 2 aromatic rings. The molecule has 0 saturated carbocycles. The van der Waals surface area contributed by atoms with Gasteiger partial charge in [-0.3, -0.25) is 0 Å². The quantitative estimate of drug-likeness (QED) is 0.933. The molecule has 0 fully saturated rings. The molecular weight excluding hydrogens is 284 g/mol. The van der Waals surface area contributed by atoms with Crippen LogP contribution in [0.1, 0.15) is 36.5 Å². The Labute approximate surface area is 126 Å². The summed E-state index contributed by atoms with van der Waals surface area (Å²) in [5.74, 6) is 0.197. The van der Waals surface area contributed by atoms with E-state index in [1.807, 2.05) is 19.9 Å². The van der Waals surface area contributed by atoms with E-state index < -0.39 is 9.84 Å². The van der Waals surface area contributed by atoms with Crippen molar-refractivity contribution in [1.82, 2.24) is 0 Å². The first kappa shape index (κ1) is 15.6. The van der Waals surface area contributed by atoms with Crippen LogP contribution < -0.4 is 0 Å². The monoisotopic (exact) mass is 304 g/mol. The highest BCUT2D eigenvalue weighted by Crippen LogP contribution is 2.33. The van der Waals surface area contributed by atoms with Crippen LogP contribution in [0.3, 0.4) is 0 Å². The molecule has 2 rings (SSSR count). The van der Waals surface area contributed by atoms with Gasteiger partial charge in [-0.05, 0) is 54.7 Å². The molecule has 112 valence electrons. The smallest absolute Gasteiger partial charge is 0.207 e. The van der Waals surface area contributed by atoms with Gasteiger partial charge in [-0.25, -0.2) is 8.42 Å². The third-order valence-electron chi connectivity index (χ3n) is 3.62. The summed E-state index contributed by atoms with van der Waals surface area (Å²) < 4.78 is 25.8. The molecule has 21 heavy (non-hydrogen) atoms. The summed E-state index contributed by atoms with van der Waals surface area (Å²) in [5, 5.41) is 9.98. The average Bonchev–Trinajstić information content (AvgIpc) is 2.38. The van der Waals surface area contributed by atoms with Crippen molar-refractivity contribution in [3.05, 3.63) is 53.1 Å². The lowest BCUT2D eigenvalue weighted by Crippen LogP contribution is -2.07. The molecule has 1 N–H and O–H groups in total. The van der Waals surface area contributed by atoms with Crippen LogP contribution in [0.4, 0.5) is 0 Å². The van der Waals surface area contributed by atoms with Crippen LogP contribution >= 0.6 is 0 Å². The molecule has 0 atom stereocenters. The Bertz CT molecular complexity index is 775. The largest absolute Gasteiger partial charge is 0.508 e. The lowest BCUT2D eigenvalue weighted by molar-refractivity contribution is 0.463. The zero-order chi connectivity index (χ0) is 15.8. The van der Waals surface area contributed by atoms with Crippen LogP contribution in [-0.4, -0.2) is 13.5 Å². The molecule has 0 aliphatic carbocycles. The second kappa shape index (κ2) is 5.53. The highest BCUT2D eigenvalue weighted by atomic mass is 32.2. The van der Waals surface area contributed by atoms with Crippen LogP contribution in [0.25, 0.3) is 0 Å². The highest BCUT2D eigenvalue weighted by Gasteiger charge is 2.23. The molecule has 3 nitrogen and oxygen atoms in total. The predicted octanol–water partition coefficient (Wildman–Crippen LogP) is 3.97. The minimum atomic E-state index is -3.58. The van der Waals surface area contributed by atoms with Crippen LogP contribution in [0.15, 0.2) is 46.2 Å². The third-order valence-corrected chi connectivity index (χ3v) is 5.67. The summed E-state index contributed by atoms with van der Waals surface area (Å²) in [4.78, 5) is 0.576. The molecule has 0 aliphatic rings. The summed E-state index contributed by atoms with van der Waals surface area (Å²) >= 11 is 0. The van der Waals surface area contributed by atoms with Crippen molar-refractivity contribution in [2.45, 2.75) is 43.4 Å². The normalized spacial score (nSPS) is 11.9. The molecule has 4 heteroatoms. The average molecular weight is 304 g/mol. The van der Waals surface area contributed by atoms with E-state index in [0.29, 0.717) is 16.0 Å². The standard InChI is InChI=1S/C17H20O3S/c1-11(2)14-10-17(13(4)9-15(14)18)21(19,20)16-8-6-5-7-12(16)3/h5-11,18H,1-4H3. The zero-order valence-electron chi connectivity index (χ0n) is 12.7. The van der Waals surface area contributed by atoms with E-state index in [0.717, 1.165) is 5.56 Å². The third kappa shape index (κ3) is 2.81. The number of aromatic hydroxyl groups is 1. The van der Waals surface area contributed by atoms with Crippen LogP contribution in [0.2, 0.25) is 0 Å². The minimum absolute atomic E-state index is 0.0522. The van der Waals surface area contributed by atoms with Crippen molar-refractivity contribution in [2.75, 3.05) is 0 Å². The Morgan fingerprint density at radius 2 is 1.57 bits per heavy atom. The van der Waals surface area contributed by atoms with Crippen LogP contribution in [0, 0.1) is 13.8 Å². The van der Waals surface area contributed by atoms with E-state index in [2.05, 4.69) is 0 Å². The highest BCUT2D eigenvalue weighted by molar-refractivity contribution is 7.91. The molecule has 2 aromatic carbocycles. The Balaban J connectivity index is 2.72. The van der Waals surface area contributed by atoms with Gasteiger partial charge in [0, 0.05) is 0 Å². The van der Waals surface area contributed by atoms with Crippen molar-refractivity contribution >= 4 is 9.84 Å². The molecule has 0 radical (unpaired) electrons. The van der Waals surface area contributed by atoms with E-state index in [1.54, 1.807) is 38.1 Å². The maximum atomic E-state index is 12.9. The van der Waals surface area contributed by atoms with E-state index in [9.17, 15) is 13.5 Å². The second-order valence-electron chi connectivity index (χ2n) is 5.60. The number of aryl methyl sites for hydroxylation is 2. The molecular formula is C17H20O3S. The number of rotatable bonds is 3. The zero-order valence-corrected chi connectivity index (χ0v) is 13.5. The molecule has 0 bridgehead atoms. The molecule has 0 aliphatic heterocycles. The van der Waals surface area contributed by atoms with Crippen molar-refractivity contribution in [1.29, 1.82) is 0 Å². The molecule has 0 unspecified atom stereocenters. The molecule has 0 aromatic heterocycles.